The van der Waals surface area contributed by atoms with E-state index >= 15 is 0 Å². The lowest BCUT2D eigenvalue weighted by atomic mass is 9.78. The Bertz CT molecular complexity index is 1130. The topological polar surface area (TPSA) is 87.1 Å². The second-order valence-electron chi connectivity index (χ2n) is 8.24. The van der Waals surface area contributed by atoms with Crippen LogP contribution in [0.2, 0.25) is 0 Å². The molecule has 2 bridgehead atoms. The summed E-state index contributed by atoms with van der Waals surface area (Å²) in [5, 5.41) is 1.06. The second-order valence-corrected chi connectivity index (χ2v) is 8.24. The van der Waals surface area contributed by atoms with Crippen LogP contribution in [-0.4, -0.2) is 54.7 Å². The molecule has 2 aromatic rings. The molecular weight excluding hydrogens is 424 g/mol. The third-order valence-electron chi connectivity index (χ3n) is 6.32. The summed E-state index contributed by atoms with van der Waals surface area (Å²) in [4.78, 5) is 38.2. The van der Waals surface area contributed by atoms with E-state index in [4.69, 9.17) is 14.2 Å². The smallest absolute Gasteiger partial charge is 0.330 e. The molecule has 1 aromatic heterocycles. The summed E-state index contributed by atoms with van der Waals surface area (Å²) in [6, 6.07) is 9.61. The predicted molar refractivity (Wildman–Crippen MR) is 121 cm³/mol. The Labute approximate surface area is 192 Å². The maximum atomic E-state index is 13.0. The first-order valence-electron chi connectivity index (χ1n) is 11.0. The van der Waals surface area contributed by atoms with Crippen molar-refractivity contribution in [2.24, 2.45) is 5.92 Å². The fraction of sp³-hybridized carbons (Fsp3) is 0.400. The van der Waals surface area contributed by atoms with Crippen molar-refractivity contribution >= 4 is 28.8 Å². The van der Waals surface area contributed by atoms with Crippen LogP contribution in [0.5, 0.6) is 0 Å². The fourth-order valence-corrected chi connectivity index (χ4v) is 4.91. The van der Waals surface area contributed by atoms with E-state index in [0.717, 1.165) is 22.2 Å². The number of esters is 3. The van der Waals surface area contributed by atoms with Gasteiger partial charge in [-0.3, -0.25) is 4.79 Å². The second kappa shape index (κ2) is 9.52. The van der Waals surface area contributed by atoms with Crippen molar-refractivity contribution in [1.82, 2.24) is 9.47 Å². The summed E-state index contributed by atoms with van der Waals surface area (Å²) in [5.74, 6) is -1.25. The Morgan fingerprint density at radius 1 is 1.15 bits per heavy atom. The van der Waals surface area contributed by atoms with Gasteiger partial charge in [-0.25, -0.2) is 9.59 Å². The van der Waals surface area contributed by atoms with Gasteiger partial charge in [-0.05, 0) is 42.0 Å². The molecule has 2 aliphatic heterocycles. The van der Waals surface area contributed by atoms with Gasteiger partial charge in [-0.1, -0.05) is 18.2 Å². The number of para-hydroxylation sites is 1. The third-order valence-corrected chi connectivity index (χ3v) is 6.32. The molecule has 0 unspecified atom stereocenters. The van der Waals surface area contributed by atoms with E-state index in [2.05, 4.69) is 15.5 Å². The van der Waals surface area contributed by atoms with Gasteiger partial charge in [0.1, 0.15) is 6.04 Å². The van der Waals surface area contributed by atoms with E-state index in [1.165, 1.54) is 27.2 Å². The van der Waals surface area contributed by atoms with Crippen molar-refractivity contribution in [3.8, 4) is 0 Å². The largest absolute Gasteiger partial charge is 0.467 e. The summed E-state index contributed by atoms with van der Waals surface area (Å²) >= 11 is 0. The summed E-state index contributed by atoms with van der Waals surface area (Å²) in [5.41, 5.74) is 2.86. The molecule has 174 valence electrons. The Morgan fingerprint density at radius 3 is 2.67 bits per heavy atom. The van der Waals surface area contributed by atoms with Gasteiger partial charge in [0.2, 0.25) is 0 Å². The van der Waals surface area contributed by atoms with E-state index in [1.54, 1.807) is 6.08 Å². The molecule has 4 rings (SSSR count). The highest BCUT2D eigenvalue weighted by molar-refractivity contribution is 5.86. The summed E-state index contributed by atoms with van der Waals surface area (Å²) < 4.78 is 17.2. The van der Waals surface area contributed by atoms with Gasteiger partial charge >= 0.3 is 17.9 Å². The molecule has 0 radical (unpaired) electrons. The van der Waals surface area contributed by atoms with E-state index in [9.17, 15) is 14.4 Å². The lowest BCUT2D eigenvalue weighted by Gasteiger charge is -2.46. The highest BCUT2D eigenvalue weighted by atomic mass is 16.5. The van der Waals surface area contributed by atoms with Gasteiger partial charge in [0.25, 0.3) is 0 Å². The number of carbonyl (C=O) groups is 3. The van der Waals surface area contributed by atoms with Crippen LogP contribution in [0, 0.1) is 5.92 Å². The molecule has 8 heteroatoms. The fourth-order valence-electron chi connectivity index (χ4n) is 4.91. The Balaban J connectivity index is 1.78. The van der Waals surface area contributed by atoms with Crippen LogP contribution < -0.4 is 0 Å². The standard InChI is InChI=1S/C25H28N2O6/c1-16(28)33-12-6-11-26-15-18(9-10-23(29)31-2)19-14-21(26)22-13-17-7-4-5-8-20(17)27(22)24(19)25(30)32-3/h4-5,7-10,13,15,19,21,24H,6,11-12,14H2,1-3H3/b10-9+/t19-,21-,24+/m0/s1. The predicted octanol–water partition coefficient (Wildman–Crippen LogP) is 3.30. The molecule has 0 saturated heterocycles. The van der Waals surface area contributed by atoms with Gasteiger partial charge in [0, 0.05) is 42.9 Å². The first kappa shape index (κ1) is 22.6. The van der Waals surface area contributed by atoms with Crippen molar-refractivity contribution in [3.05, 3.63) is 60.0 Å². The summed E-state index contributed by atoms with van der Waals surface area (Å²) in [7, 11) is 2.73. The number of carbonyl (C=O) groups excluding carboxylic acids is 3. The van der Waals surface area contributed by atoms with Crippen LogP contribution in [0.3, 0.4) is 0 Å². The number of hydrogen-bond acceptors (Lipinski definition) is 7. The van der Waals surface area contributed by atoms with Crippen LogP contribution in [0.15, 0.2) is 54.3 Å². The lowest BCUT2D eigenvalue weighted by molar-refractivity contribution is -0.147. The minimum Gasteiger partial charge on any atom is -0.467 e. The number of rotatable bonds is 7. The van der Waals surface area contributed by atoms with Crippen molar-refractivity contribution in [1.29, 1.82) is 0 Å². The lowest BCUT2D eigenvalue weighted by Crippen LogP contribution is -2.43. The number of nitrogens with zero attached hydrogens (tertiary/aromatic N) is 2. The van der Waals surface area contributed by atoms with E-state index < -0.39 is 12.0 Å². The number of benzene rings is 1. The zero-order chi connectivity index (χ0) is 23.5. The molecule has 0 saturated carbocycles. The minimum atomic E-state index is -0.544. The first-order chi connectivity index (χ1) is 15.9. The number of methoxy groups -OCH3 is 2. The van der Waals surface area contributed by atoms with E-state index in [1.807, 2.05) is 30.5 Å². The highest BCUT2D eigenvalue weighted by Crippen LogP contribution is 2.49. The van der Waals surface area contributed by atoms with Gasteiger partial charge in [-0.15, -0.1) is 0 Å². The van der Waals surface area contributed by atoms with Gasteiger partial charge in [-0.2, -0.15) is 0 Å². The molecule has 0 N–H and O–H groups in total. The quantitative estimate of drug-likeness (QED) is 0.276. The molecule has 2 aliphatic rings. The zero-order valence-electron chi connectivity index (χ0n) is 19.0. The third kappa shape index (κ3) is 4.37. The molecule has 33 heavy (non-hydrogen) atoms. The van der Waals surface area contributed by atoms with Gasteiger partial charge in [0.15, 0.2) is 0 Å². The Hall–Kier alpha value is -3.55. The normalized spacial score (nSPS) is 21.5. The molecule has 3 atom stereocenters. The molecule has 0 spiro atoms. The molecule has 8 nitrogen and oxygen atoms in total. The SMILES string of the molecule is COC(=O)/C=C/C1=CN(CCCOC(C)=O)[C@H]2C[C@@H]1[C@H](C(=O)OC)n1c2cc2ccccc21. The molecule has 1 aromatic carbocycles. The summed E-state index contributed by atoms with van der Waals surface area (Å²) in [6.07, 6.45) is 6.45. The van der Waals surface area contributed by atoms with Crippen LogP contribution in [-0.2, 0) is 28.6 Å². The zero-order valence-corrected chi connectivity index (χ0v) is 19.0. The van der Waals surface area contributed by atoms with Gasteiger partial charge < -0.3 is 23.7 Å². The van der Waals surface area contributed by atoms with Crippen LogP contribution >= 0.6 is 0 Å². The van der Waals surface area contributed by atoms with Crippen molar-refractivity contribution in [2.45, 2.75) is 31.8 Å². The molecule has 3 heterocycles. The van der Waals surface area contributed by atoms with E-state index in [-0.39, 0.29) is 23.9 Å². The van der Waals surface area contributed by atoms with Crippen LogP contribution in [0.25, 0.3) is 10.9 Å². The molecular formula is C25H28N2O6. The molecule has 0 aliphatic carbocycles. The highest BCUT2D eigenvalue weighted by Gasteiger charge is 2.45. The molecule has 0 fully saturated rings. The van der Waals surface area contributed by atoms with Crippen molar-refractivity contribution in [2.75, 3.05) is 27.4 Å². The average molecular weight is 453 g/mol. The average Bonchev–Trinajstić information content (AvgIpc) is 3.20. The first-order valence-corrected chi connectivity index (χ1v) is 11.0. The monoisotopic (exact) mass is 452 g/mol. The number of allylic oxidation sites excluding steroid dienone is 2. The minimum absolute atomic E-state index is 0.0379. The number of fused-ring (bicyclic) bond motifs is 6. The van der Waals surface area contributed by atoms with Crippen LogP contribution in [0.4, 0.5) is 0 Å². The number of aromatic nitrogens is 1. The maximum Gasteiger partial charge on any atom is 0.330 e. The van der Waals surface area contributed by atoms with Gasteiger partial charge in [0.05, 0.1) is 26.9 Å². The number of ether oxygens (including phenoxy) is 3. The van der Waals surface area contributed by atoms with Crippen molar-refractivity contribution < 1.29 is 28.6 Å². The summed E-state index contributed by atoms with van der Waals surface area (Å²) in [6.45, 7) is 2.38. The Kier molecular flexibility index (Phi) is 6.53. The van der Waals surface area contributed by atoms with Crippen LogP contribution in [0.1, 0.15) is 37.5 Å². The Morgan fingerprint density at radius 2 is 1.94 bits per heavy atom. The molecule has 0 amide bonds. The number of hydrogen-bond donors (Lipinski definition) is 0. The van der Waals surface area contributed by atoms with Crippen molar-refractivity contribution in [3.63, 3.8) is 0 Å². The maximum absolute atomic E-state index is 13.0. The van der Waals surface area contributed by atoms with E-state index in [0.29, 0.717) is 26.0 Å².